The number of para-hydroxylation sites is 8. The Hall–Kier alpha value is -10.9. The van der Waals surface area contributed by atoms with Crippen molar-refractivity contribution in [2.45, 2.75) is 184 Å². The van der Waals surface area contributed by atoms with Crippen LogP contribution in [0.3, 0.4) is 0 Å². The molecule has 8 fully saturated rings. The average molecular weight is 2050 g/mol. The number of anilines is 6. The topological polar surface area (TPSA) is 332 Å². The Balaban J connectivity index is 0.000000167. The van der Waals surface area contributed by atoms with Gasteiger partial charge in [-0.25, -0.2) is 0 Å². The number of benzene rings is 8. The molecule has 0 radical (unpaired) electrons. The molecule has 8 aromatic carbocycles. The molecule has 11 aliphatic rings. The minimum atomic E-state index is -4.85. The Morgan fingerprint density at radius 3 is 1.17 bits per heavy atom. The van der Waals surface area contributed by atoms with E-state index in [1.807, 2.05) is 134 Å². The molecule has 11 aliphatic heterocycles. The molecule has 0 spiro atoms. The SMILES string of the molecule is Brc1cccnc1.C.C.CO.Nc1cccc2c(=O)c3ccccc3oc12.Nc1cccc2c1Oc1ccccc1C2=C1CC2CCC(C1)N2C(=O)C(F)(F)F.O=C(N1C2CCC1CC(=C1c3ccccc3Oc3c(Nc4cccnc4)cccc31)C2)C(F)(F)F.O=C1CC2CCC(C1)N2C(=O)C(F)(F)F.O=CO[O-].[H-].[K+].[K+].c1cncc(Nc2cccc3c2Oc2ccccc2C3=C2CC3CCC(C2)N3)c1. The zero-order valence-corrected chi connectivity index (χ0v) is 83.4. The number of ketones is 1. The molecule has 0 saturated carbocycles. The summed E-state index contributed by atoms with van der Waals surface area (Å²) in [6.07, 6.45) is 6.06. The number of ether oxygens (including phenoxy) is 3. The first kappa shape index (κ1) is 109. The van der Waals surface area contributed by atoms with E-state index < -0.39 is 72.5 Å². The minimum Gasteiger partial charge on any atom is -1.00 e. The van der Waals surface area contributed by atoms with Gasteiger partial charge < -0.3 is 77.4 Å². The van der Waals surface area contributed by atoms with Crippen LogP contribution in [0.15, 0.2) is 274 Å². The summed E-state index contributed by atoms with van der Waals surface area (Å²) in [5, 5.41) is 27.2. The monoisotopic (exact) mass is 2050 g/mol. The number of nitrogens with one attached hydrogen (secondary N) is 3. The van der Waals surface area contributed by atoms with Gasteiger partial charge in [-0.2, -0.15) is 39.5 Å². The molecule has 15 heterocycles. The molecule has 8 atom stereocenters. The van der Waals surface area contributed by atoms with E-state index in [2.05, 4.69) is 94.2 Å². The maximum atomic E-state index is 13.2. The van der Waals surface area contributed by atoms with E-state index in [1.165, 1.54) is 29.5 Å². The number of aromatic nitrogens is 3. The van der Waals surface area contributed by atoms with Crippen LogP contribution < -0.4 is 155 Å². The maximum Gasteiger partial charge on any atom is 1.00 e. The fourth-order valence-electron chi connectivity index (χ4n) is 20.3. The third-order valence-electron chi connectivity index (χ3n) is 25.7. The molecule has 726 valence electrons. The summed E-state index contributed by atoms with van der Waals surface area (Å²) in [4.78, 5) is 84.9. The van der Waals surface area contributed by atoms with Gasteiger partial charge in [-0.1, -0.05) is 141 Å². The number of carbonyl (C=O) groups excluding carboxylic acids is 5. The summed E-state index contributed by atoms with van der Waals surface area (Å²) in [7, 11) is 1.00. The van der Waals surface area contributed by atoms with Crippen molar-refractivity contribution < 1.29 is 202 Å². The van der Waals surface area contributed by atoms with Crippen molar-refractivity contribution in [3.63, 3.8) is 0 Å². The Labute approximate surface area is 902 Å². The smallest absolute Gasteiger partial charge is 1.00 e. The van der Waals surface area contributed by atoms with Crippen LogP contribution in [0.5, 0.6) is 34.5 Å². The van der Waals surface area contributed by atoms with Crippen LogP contribution in [0.2, 0.25) is 0 Å². The van der Waals surface area contributed by atoms with E-state index in [1.54, 1.807) is 73.0 Å². The number of aliphatic hydroxyl groups excluding tert-OH is 1. The van der Waals surface area contributed by atoms with Gasteiger partial charge in [0, 0.05) is 131 Å². The number of hydrogen-bond donors (Lipinski definition) is 6. The van der Waals surface area contributed by atoms with Crippen LogP contribution in [0.25, 0.3) is 38.7 Å². The van der Waals surface area contributed by atoms with Crippen LogP contribution in [-0.4, -0.2) is 139 Å². The van der Waals surface area contributed by atoms with Crippen LogP contribution in [0.4, 0.5) is 73.6 Å². The van der Waals surface area contributed by atoms with Crippen LogP contribution in [0, 0.1) is 0 Å². The van der Waals surface area contributed by atoms with Crippen molar-refractivity contribution in [3.8, 4) is 34.5 Å². The van der Waals surface area contributed by atoms with E-state index in [4.69, 9.17) is 45.3 Å². The van der Waals surface area contributed by atoms with Crippen molar-refractivity contribution in [1.82, 2.24) is 35.0 Å². The molecule has 8 saturated heterocycles. The molecule has 12 aromatic rings. The first-order valence-electron chi connectivity index (χ1n) is 44.4. The third-order valence-corrected chi connectivity index (χ3v) is 26.2. The van der Waals surface area contributed by atoms with Gasteiger partial charge in [0.15, 0.2) is 22.8 Å². The summed E-state index contributed by atoms with van der Waals surface area (Å²) in [6.45, 7) is -0.181. The predicted molar refractivity (Wildman–Crippen MR) is 514 cm³/mol. The number of Topliss-reactive ketones (excluding diaryl/α,β-unsaturated/α-hetero) is 1. The molecule has 3 amide bonds. The number of piperidine rings is 4. The summed E-state index contributed by atoms with van der Waals surface area (Å²) >= 11 is 3.25. The Morgan fingerprint density at radius 2 is 0.787 bits per heavy atom. The van der Waals surface area contributed by atoms with E-state index >= 15 is 0 Å². The van der Waals surface area contributed by atoms with Crippen LogP contribution in [0.1, 0.15) is 152 Å². The third kappa shape index (κ3) is 24.4. The predicted octanol–water partition coefficient (Wildman–Crippen LogP) is 16.1. The number of carbonyl (C=O) groups is 5. The molecule has 141 heavy (non-hydrogen) atoms. The van der Waals surface area contributed by atoms with Crippen molar-refractivity contribution in [1.29, 1.82) is 0 Å². The van der Waals surface area contributed by atoms with E-state index in [-0.39, 0.29) is 150 Å². The zero-order valence-electron chi connectivity index (χ0n) is 76.6. The van der Waals surface area contributed by atoms with Crippen molar-refractivity contribution in [2.75, 3.05) is 29.2 Å². The number of aliphatic hydroxyl groups is 1. The fourth-order valence-corrected chi connectivity index (χ4v) is 20.5. The zero-order chi connectivity index (χ0) is 96.6. The molecule has 8 bridgehead atoms. The second-order valence-corrected chi connectivity index (χ2v) is 35.1. The van der Waals surface area contributed by atoms with E-state index in [0.29, 0.717) is 133 Å². The molecule has 8 N–H and O–H groups in total. The summed E-state index contributed by atoms with van der Waals surface area (Å²) in [6, 6.07) is 63.9. The van der Waals surface area contributed by atoms with E-state index in [9.17, 15) is 63.5 Å². The second-order valence-electron chi connectivity index (χ2n) is 34.2. The van der Waals surface area contributed by atoms with Crippen molar-refractivity contribution >= 4 is 119 Å². The van der Waals surface area contributed by atoms with Gasteiger partial charge in [0.05, 0.1) is 57.3 Å². The van der Waals surface area contributed by atoms with E-state index in [0.717, 1.165) is 118 Å². The standard InChI is InChI=1S/C27H22F3N3O2.C25H23N3O.C22H19F3N2O2.C13H9NO2.C9H10F3NO2.C5H4BrN.CH2O3.CH4O.2CH4.2K.H/c28-27(29,30)26(34)33-18-10-11-19(33)14-16(13-18)24-20-6-1-2-9-23(20)35-25-21(24)7-3-8-22(25)32-17-5-4-12-31-15-17;1-2-9-23-20(6-1)24(16-13-17-10-11-18(14-16)27-17)21-7-3-8-22(25(21)29-23)28-19-5-4-12-26-15-19;23-22(24,25)21(28)27-13-8-9-14(27)11-12(10-13)19-15-4-1-2-7-18(15)29-20-16(19)5-3-6-17(20)26;14-10-6-3-5-9-12(15)8-4-1-2-7-11(8)16-13(9)10;10-9(11,12)8(15)13-5-1-2-6(13)4-7(14)3-5;6-5-2-1-3-7-4-5;2-1-4-3;1-2;;;;;/h1-9,12,15,18-19,32H,10-11,13-14H2;1-9,12,15,17-18,27-28H,10-11,13-14H2;1-7,13-14H,8-11,26H2;1-7H,14H2;5-6H,1-4H2;1-4H;1,3H;2H,1H3;2*1H4;;;/q;;;;;;;;;;2*+1;-1/p-1. The van der Waals surface area contributed by atoms with Gasteiger partial charge in [0.2, 0.25) is 5.43 Å². The van der Waals surface area contributed by atoms with Gasteiger partial charge in [-0.15, -0.1) is 0 Å². The number of fused-ring (bicyclic) bond motifs is 16. The number of alkyl halides is 9. The number of nitrogens with two attached hydrogens (primary N) is 2. The summed E-state index contributed by atoms with van der Waals surface area (Å²) in [5.74, 6) is -0.788. The van der Waals surface area contributed by atoms with Gasteiger partial charge >= 0.3 is 139 Å². The number of amides is 3. The fraction of sp³-hybridized carbons (Fsp3) is 0.286. The molecular formula is C105H101BrF9K2N11O13. The second kappa shape index (κ2) is 48.0. The average Bonchev–Trinajstić information content (AvgIpc) is 1.42. The van der Waals surface area contributed by atoms with Gasteiger partial charge in [-0.05, 0) is 220 Å². The van der Waals surface area contributed by atoms with Crippen LogP contribution >= 0.6 is 15.9 Å². The van der Waals surface area contributed by atoms with Crippen molar-refractivity contribution in [3.05, 3.63) is 308 Å². The molecule has 23 rings (SSSR count). The number of hydrogen-bond acceptors (Lipinski definition) is 21. The number of rotatable bonds is 5. The summed E-state index contributed by atoms with van der Waals surface area (Å²) < 4.78 is 141. The summed E-state index contributed by atoms with van der Waals surface area (Å²) in [5.41, 5.74) is 30.5. The normalized spacial score (nSPS) is 19.5. The van der Waals surface area contributed by atoms with Crippen molar-refractivity contribution in [2.24, 2.45) is 0 Å². The minimum absolute atomic E-state index is 0. The quantitative estimate of drug-likeness (QED) is 0.0177. The number of halogens is 10. The molecular weight excluding hydrogens is 1950 g/mol. The number of nitrogens with zero attached hydrogens (tertiary/aromatic N) is 6. The number of pyridine rings is 3. The van der Waals surface area contributed by atoms with Crippen LogP contribution in [-0.2, 0) is 28.9 Å². The van der Waals surface area contributed by atoms with Gasteiger partial charge in [0.1, 0.15) is 28.6 Å². The molecule has 24 nitrogen and oxygen atoms in total. The largest absolute Gasteiger partial charge is 1.00 e. The van der Waals surface area contributed by atoms with Gasteiger partial charge in [-0.3, -0.25) is 43.7 Å². The Kier molecular flexibility index (Phi) is 37.0. The molecule has 0 aliphatic carbocycles. The Morgan fingerprint density at radius 1 is 0.447 bits per heavy atom. The molecule has 36 heteroatoms. The maximum absolute atomic E-state index is 13.2. The van der Waals surface area contributed by atoms with Gasteiger partial charge in [0.25, 0.3) is 6.47 Å². The Bertz CT molecular complexity index is 6630. The number of nitrogen functional groups attached to an aromatic ring is 2. The first-order valence-corrected chi connectivity index (χ1v) is 45.2. The molecule has 4 aromatic heterocycles. The first-order chi connectivity index (χ1) is 66.1. The molecule has 8 unspecified atom stereocenters.